The molecule has 2 heteroatoms. The molecule has 2 unspecified atom stereocenters. The SMILES string of the molecule is CC(Cc1ccccc1)(SSC(C)(Cc1ccccc1)c1ccccc1)c1ccccc1. The Morgan fingerprint density at radius 3 is 1.03 bits per heavy atom. The van der Waals surface area contributed by atoms with E-state index in [1.165, 1.54) is 22.3 Å². The lowest BCUT2D eigenvalue weighted by molar-refractivity contribution is 0.683. The molecule has 2 atom stereocenters. The summed E-state index contributed by atoms with van der Waals surface area (Å²) in [5.74, 6) is 0. The molecule has 0 N–H and O–H groups in total. The molecule has 0 fully saturated rings. The predicted molar refractivity (Wildman–Crippen MR) is 143 cm³/mol. The molecule has 0 aliphatic heterocycles. The summed E-state index contributed by atoms with van der Waals surface area (Å²) in [6.45, 7) is 4.78. The van der Waals surface area contributed by atoms with Crippen molar-refractivity contribution < 1.29 is 0 Å². The van der Waals surface area contributed by atoms with Gasteiger partial charge in [0.05, 0.1) is 9.49 Å². The van der Waals surface area contributed by atoms with Gasteiger partial charge < -0.3 is 0 Å². The van der Waals surface area contributed by atoms with Crippen molar-refractivity contribution in [3.05, 3.63) is 144 Å². The summed E-state index contributed by atoms with van der Waals surface area (Å²) < 4.78 is -0.0833. The van der Waals surface area contributed by atoms with E-state index in [1.54, 1.807) is 0 Å². The average molecular weight is 455 g/mol. The molecular formula is C30H30S2. The average Bonchev–Trinajstić information content (AvgIpc) is 2.85. The van der Waals surface area contributed by atoms with Gasteiger partial charge in [-0.2, -0.15) is 0 Å². The topological polar surface area (TPSA) is 0 Å². The van der Waals surface area contributed by atoms with E-state index in [4.69, 9.17) is 0 Å². The Labute approximate surface area is 200 Å². The van der Waals surface area contributed by atoms with Crippen LogP contribution in [0.15, 0.2) is 121 Å². The monoisotopic (exact) mass is 454 g/mol. The van der Waals surface area contributed by atoms with Gasteiger partial charge in [0.2, 0.25) is 0 Å². The molecule has 0 bridgehead atoms. The highest BCUT2D eigenvalue weighted by Crippen LogP contribution is 2.54. The van der Waals surface area contributed by atoms with Crippen LogP contribution in [0.2, 0.25) is 0 Å². The second-order valence-electron chi connectivity index (χ2n) is 8.69. The van der Waals surface area contributed by atoms with Gasteiger partial charge in [0.1, 0.15) is 0 Å². The Morgan fingerprint density at radius 2 is 0.719 bits per heavy atom. The molecule has 162 valence electrons. The normalized spacial score (nSPS) is 14.9. The lowest BCUT2D eigenvalue weighted by atomic mass is 9.93. The lowest BCUT2D eigenvalue weighted by Crippen LogP contribution is -2.24. The second-order valence-corrected chi connectivity index (χ2v) is 11.8. The van der Waals surface area contributed by atoms with Crippen LogP contribution in [0.4, 0.5) is 0 Å². The third-order valence-corrected chi connectivity index (χ3v) is 9.98. The molecule has 0 saturated carbocycles. The van der Waals surface area contributed by atoms with Gasteiger partial charge in [-0.15, -0.1) is 0 Å². The van der Waals surface area contributed by atoms with Gasteiger partial charge in [-0.05, 0) is 48.9 Å². The predicted octanol–water partition coefficient (Wildman–Crippen LogP) is 8.68. The number of hydrogen-bond donors (Lipinski definition) is 0. The van der Waals surface area contributed by atoms with E-state index in [0.717, 1.165) is 12.8 Å². The van der Waals surface area contributed by atoms with Crippen molar-refractivity contribution in [2.75, 3.05) is 0 Å². The molecule has 0 amide bonds. The van der Waals surface area contributed by atoms with E-state index >= 15 is 0 Å². The van der Waals surface area contributed by atoms with Gasteiger partial charge in [0.25, 0.3) is 0 Å². The third-order valence-electron chi connectivity index (χ3n) is 5.95. The fourth-order valence-corrected chi connectivity index (χ4v) is 7.41. The Bertz CT molecular complexity index is 990. The summed E-state index contributed by atoms with van der Waals surface area (Å²) in [6.07, 6.45) is 1.98. The largest absolute Gasteiger partial charge is 0.0815 e. The molecule has 0 aliphatic carbocycles. The van der Waals surface area contributed by atoms with E-state index < -0.39 is 0 Å². The van der Waals surface area contributed by atoms with E-state index in [0.29, 0.717) is 0 Å². The summed E-state index contributed by atoms with van der Waals surface area (Å²) >= 11 is 0. The molecule has 4 aromatic carbocycles. The molecule has 0 spiro atoms. The van der Waals surface area contributed by atoms with E-state index in [-0.39, 0.29) is 9.49 Å². The van der Waals surface area contributed by atoms with Crippen LogP contribution >= 0.6 is 21.6 Å². The van der Waals surface area contributed by atoms with Crippen molar-refractivity contribution in [1.29, 1.82) is 0 Å². The molecule has 0 radical (unpaired) electrons. The van der Waals surface area contributed by atoms with Gasteiger partial charge in [-0.25, -0.2) is 0 Å². The first-order valence-electron chi connectivity index (χ1n) is 11.1. The third kappa shape index (κ3) is 5.68. The van der Waals surface area contributed by atoms with Crippen LogP contribution in [-0.4, -0.2) is 0 Å². The second kappa shape index (κ2) is 10.5. The van der Waals surface area contributed by atoms with Gasteiger partial charge in [-0.1, -0.05) is 143 Å². The van der Waals surface area contributed by atoms with Crippen molar-refractivity contribution in [3.8, 4) is 0 Å². The van der Waals surface area contributed by atoms with Crippen molar-refractivity contribution >= 4 is 21.6 Å². The first-order chi connectivity index (χ1) is 15.6. The zero-order chi connectivity index (χ0) is 22.3. The van der Waals surface area contributed by atoms with Gasteiger partial charge >= 0.3 is 0 Å². The molecule has 0 nitrogen and oxygen atoms in total. The maximum atomic E-state index is 2.39. The molecule has 0 aromatic heterocycles. The number of rotatable bonds is 9. The van der Waals surface area contributed by atoms with E-state index in [9.17, 15) is 0 Å². The standard InChI is InChI=1S/C30H30S2/c1-29(27-19-11-5-12-20-27,23-25-15-7-3-8-16-25)31-32-30(2,28-21-13-6-14-22-28)24-26-17-9-4-10-18-26/h3-22H,23-24H2,1-2H3. The molecule has 4 aromatic rings. The van der Waals surface area contributed by atoms with Crippen LogP contribution in [0.1, 0.15) is 36.1 Å². The minimum Gasteiger partial charge on any atom is -0.0815 e. The maximum absolute atomic E-state index is 2.39. The molecule has 0 saturated heterocycles. The molecule has 32 heavy (non-hydrogen) atoms. The van der Waals surface area contributed by atoms with E-state index in [1.807, 2.05) is 21.6 Å². The minimum atomic E-state index is -0.0417. The van der Waals surface area contributed by atoms with Crippen LogP contribution < -0.4 is 0 Å². The fourth-order valence-electron chi connectivity index (χ4n) is 4.10. The van der Waals surface area contributed by atoms with Crippen molar-refractivity contribution in [1.82, 2.24) is 0 Å². The first-order valence-corrected chi connectivity index (χ1v) is 13.3. The van der Waals surface area contributed by atoms with Crippen LogP contribution in [0.25, 0.3) is 0 Å². The number of hydrogen-bond acceptors (Lipinski definition) is 2. The lowest BCUT2D eigenvalue weighted by Gasteiger charge is -2.36. The zero-order valence-electron chi connectivity index (χ0n) is 18.8. The number of benzene rings is 4. The maximum Gasteiger partial charge on any atom is 0.0524 e. The van der Waals surface area contributed by atoms with Crippen LogP contribution in [-0.2, 0) is 22.3 Å². The Hall–Kier alpha value is -2.42. The van der Waals surface area contributed by atoms with Gasteiger partial charge in [0, 0.05) is 0 Å². The zero-order valence-corrected chi connectivity index (χ0v) is 20.4. The van der Waals surface area contributed by atoms with Gasteiger partial charge in [-0.3, -0.25) is 0 Å². The van der Waals surface area contributed by atoms with Crippen molar-refractivity contribution in [3.63, 3.8) is 0 Å². The summed E-state index contributed by atoms with van der Waals surface area (Å²) in [6, 6.07) is 43.6. The Morgan fingerprint density at radius 1 is 0.438 bits per heavy atom. The van der Waals surface area contributed by atoms with Crippen molar-refractivity contribution in [2.24, 2.45) is 0 Å². The Kier molecular flexibility index (Phi) is 7.44. The fraction of sp³-hybridized carbons (Fsp3) is 0.200. The summed E-state index contributed by atoms with van der Waals surface area (Å²) in [5.41, 5.74) is 5.49. The highest BCUT2D eigenvalue weighted by Gasteiger charge is 2.35. The smallest absolute Gasteiger partial charge is 0.0524 e. The van der Waals surface area contributed by atoms with Gasteiger partial charge in [0.15, 0.2) is 0 Å². The summed E-state index contributed by atoms with van der Waals surface area (Å²) in [5, 5.41) is 0. The molecule has 0 heterocycles. The van der Waals surface area contributed by atoms with Crippen LogP contribution in [0, 0.1) is 0 Å². The van der Waals surface area contributed by atoms with Crippen molar-refractivity contribution in [2.45, 2.75) is 36.2 Å². The minimum absolute atomic E-state index is 0.0417. The summed E-state index contributed by atoms with van der Waals surface area (Å²) in [7, 11) is 4.02. The first kappa shape index (κ1) is 22.8. The van der Waals surface area contributed by atoms with Crippen LogP contribution in [0.3, 0.4) is 0 Å². The Balaban J connectivity index is 1.65. The quantitative estimate of drug-likeness (QED) is 0.232. The van der Waals surface area contributed by atoms with E-state index in [2.05, 4.69) is 135 Å². The molecule has 0 aliphatic rings. The highest BCUT2D eigenvalue weighted by atomic mass is 33.1. The van der Waals surface area contributed by atoms with Crippen LogP contribution in [0.5, 0.6) is 0 Å². The molecule has 4 rings (SSSR count). The summed E-state index contributed by atoms with van der Waals surface area (Å²) in [4.78, 5) is 0. The highest BCUT2D eigenvalue weighted by molar-refractivity contribution is 8.77. The molecular weight excluding hydrogens is 424 g/mol.